The van der Waals surface area contributed by atoms with Gasteiger partial charge in [-0.3, -0.25) is 14.3 Å². The van der Waals surface area contributed by atoms with Gasteiger partial charge in [-0.25, -0.2) is 0 Å². The minimum atomic E-state index is -0.408. The van der Waals surface area contributed by atoms with Gasteiger partial charge in [0.05, 0.1) is 13.2 Å². The van der Waals surface area contributed by atoms with Crippen molar-refractivity contribution in [2.45, 2.75) is 0 Å². The van der Waals surface area contributed by atoms with Crippen LogP contribution in [-0.2, 0) is 11.8 Å². The molecule has 1 saturated heterocycles. The molecule has 2 heterocycles. The molecule has 0 radical (unpaired) electrons. The molecule has 0 saturated carbocycles. The largest absolute Gasteiger partial charge is 0.378 e. The van der Waals surface area contributed by atoms with E-state index in [1.807, 2.05) is 0 Å². The summed E-state index contributed by atoms with van der Waals surface area (Å²) in [6, 6.07) is 6.21. The molecule has 1 aromatic carbocycles. The van der Waals surface area contributed by atoms with Gasteiger partial charge in [-0.05, 0) is 18.2 Å². The lowest BCUT2D eigenvalue weighted by Crippen LogP contribution is -2.40. The predicted molar refractivity (Wildman–Crippen MR) is 94.3 cm³/mol. The van der Waals surface area contributed by atoms with Crippen LogP contribution >= 0.6 is 23.2 Å². The maximum absolute atomic E-state index is 12.5. The first-order valence-corrected chi connectivity index (χ1v) is 8.38. The summed E-state index contributed by atoms with van der Waals surface area (Å²) in [7, 11) is 1.61. The Morgan fingerprint density at radius 1 is 1.12 bits per heavy atom. The van der Waals surface area contributed by atoms with E-state index >= 15 is 0 Å². The molecule has 0 atom stereocenters. The van der Waals surface area contributed by atoms with E-state index in [2.05, 4.69) is 10.4 Å². The second-order valence-electron chi connectivity index (χ2n) is 5.56. The Morgan fingerprint density at radius 3 is 2.40 bits per heavy atom. The van der Waals surface area contributed by atoms with Crippen molar-refractivity contribution < 1.29 is 14.3 Å². The summed E-state index contributed by atoms with van der Waals surface area (Å²) in [4.78, 5) is 26.6. The molecule has 0 unspecified atom stereocenters. The van der Waals surface area contributed by atoms with Crippen LogP contribution in [0.15, 0.2) is 24.3 Å². The number of nitrogens with zero attached hydrogens (tertiary/aromatic N) is 3. The number of carbonyl (C=O) groups excluding carboxylic acids is 2. The number of aryl methyl sites for hydroxylation is 1. The summed E-state index contributed by atoms with van der Waals surface area (Å²) in [6.07, 6.45) is 0. The molecule has 1 N–H and O–H groups in total. The van der Waals surface area contributed by atoms with Crippen molar-refractivity contribution in [1.82, 2.24) is 14.7 Å². The third kappa shape index (κ3) is 4.12. The second kappa shape index (κ2) is 7.43. The van der Waals surface area contributed by atoms with Gasteiger partial charge in [0.1, 0.15) is 5.69 Å². The van der Waals surface area contributed by atoms with Crippen LogP contribution in [0.3, 0.4) is 0 Å². The zero-order chi connectivity index (χ0) is 18.0. The average Bonchev–Trinajstić information content (AvgIpc) is 2.96. The van der Waals surface area contributed by atoms with Crippen molar-refractivity contribution in [3.63, 3.8) is 0 Å². The Bertz CT molecular complexity index is 795. The SMILES string of the molecule is Cn1nc(C(=O)N2CCOCC2)cc1C(=O)Nc1cc(Cl)cc(Cl)c1. The Kier molecular flexibility index (Phi) is 5.27. The van der Waals surface area contributed by atoms with Crippen molar-refractivity contribution in [2.24, 2.45) is 7.05 Å². The molecule has 2 aromatic rings. The van der Waals surface area contributed by atoms with Crippen LogP contribution in [0.4, 0.5) is 5.69 Å². The minimum Gasteiger partial charge on any atom is -0.378 e. The number of amides is 2. The van der Waals surface area contributed by atoms with Gasteiger partial charge in [0.25, 0.3) is 11.8 Å². The molecule has 2 amide bonds. The topological polar surface area (TPSA) is 76.5 Å². The van der Waals surface area contributed by atoms with Gasteiger partial charge in [-0.1, -0.05) is 23.2 Å². The van der Waals surface area contributed by atoms with E-state index in [0.717, 1.165) is 0 Å². The second-order valence-corrected chi connectivity index (χ2v) is 6.43. The number of carbonyl (C=O) groups is 2. The van der Waals surface area contributed by atoms with Crippen LogP contribution in [0, 0.1) is 0 Å². The molecule has 132 valence electrons. The molecule has 0 aliphatic carbocycles. The van der Waals surface area contributed by atoms with Gasteiger partial charge in [0.2, 0.25) is 0 Å². The highest BCUT2D eigenvalue weighted by molar-refractivity contribution is 6.35. The summed E-state index contributed by atoms with van der Waals surface area (Å²) >= 11 is 11.9. The summed E-state index contributed by atoms with van der Waals surface area (Å²) in [5.41, 5.74) is 0.941. The third-order valence-corrected chi connectivity index (χ3v) is 4.19. The van der Waals surface area contributed by atoms with E-state index in [9.17, 15) is 9.59 Å². The van der Waals surface area contributed by atoms with Crippen LogP contribution in [0.25, 0.3) is 0 Å². The van der Waals surface area contributed by atoms with Crippen LogP contribution < -0.4 is 5.32 Å². The smallest absolute Gasteiger partial charge is 0.274 e. The normalized spacial score (nSPS) is 14.4. The maximum Gasteiger partial charge on any atom is 0.274 e. The third-order valence-electron chi connectivity index (χ3n) is 3.75. The minimum absolute atomic E-state index is 0.219. The summed E-state index contributed by atoms with van der Waals surface area (Å²) < 4.78 is 6.60. The molecule has 1 aromatic heterocycles. The number of aromatic nitrogens is 2. The molecular weight excluding hydrogens is 367 g/mol. The Hall–Kier alpha value is -2.09. The monoisotopic (exact) mass is 382 g/mol. The van der Waals surface area contributed by atoms with Crippen molar-refractivity contribution >= 4 is 40.7 Å². The van der Waals surface area contributed by atoms with Crippen LogP contribution in [0.1, 0.15) is 21.0 Å². The summed E-state index contributed by atoms with van der Waals surface area (Å²) in [5.74, 6) is -0.627. The molecule has 7 nitrogen and oxygen atoms in total. The van der Waals surface area contributed by atoms with Crippen molar-refractivity contribution in [1.29, 1.82) is 0 Å². The lowest BCUT2D eigenvalue weighted by molar-refractivity contribution is 0.0298. The van der Waals surface area contributed by atoms with E-state index in [4.69, 9.17) is 27.9 Å². The zero-order valence-electron chi connectivity index (χ0n) is 13.5. The Labute approximate surface area is 154 Å². The van der Waals surface area contributed by atoms with Crippen molar-refractivity contribution in [3.8, 4) is 0 Å². The molecule has 9 heteroatoms. The number of hydrogen-bond acceptors (Lipinski definition) is 4. The molecule has 0 spiro atoms. The van der Waals surface area contributed by atoms with Gasteiger partial charge in [-0.2, -0.15) is 5.10 Å². The number of halogens is 2. The van der Waals surface area contributed by atoms with Gasteiger partial charge >= 0.3 is 0 Å². The lowest BCUT2D eigenvalue weighted by atomic mass is 10.2. The van der Waals surface area contributed by atoms with Crippen LogP contribution in [0.5, 0.6) is 0 Å². The fourth-order valence-electron chi connectivity index (χ4n) is 2.53. The maximum atomic E-state index is 12.5. The molecule has 1 aliphatic heterocycles. The first-order valence-electron chi connectivity index (χ1n) is 7.62. The fourth-order valence-corrected chi connectivity index (χ4v) is 3.06. The van der Waals surface area contributed by atoms with Crippen molar-refractivity contribution in [2.75, 3.05) is 31.6 Å². The highest BCUT2D eigenvalue weighted by Crippen LogP contribution is 2.23. The van der Waals surface area contributed by atoms with Gasteiger partial charge in [-0.15, -0.1) is 0 Å². The number of nitrogens with one attached hydrogen (secondary N) is 1. The standard InChI is InChI=1S/C16H16Cl2N4O3/c1-21-14(15(23)19-12-7-10(17)6-11(18)8-12)9-13(20-21)16(24)22-2-4-25-5-3-22/h6-9H,2-5H2,1H3,(H,19,23). The lowest BCUT2D eigenvalue weighted by Gasteiger charge is -2.25. The van der Waals surface area contributed by atoms with Crippen LogP contribution in [0.2, 0.25) is 10.0 Å². The summed E-state index contributed by atoms with van der Waals surface area (Å²) in [5, 5.41) is 7.68. The van der Waals surface area contributed by atoms with E-state index in [0.29, 0.717) is 42.0 Å². The molecule has 1 aliphatic rings. The highest BCUT2D eigenvalue weighted by atomic mass is 35.5. The summed E-state index contributed by atoms with van der Waals surface area (Å²) in [6.45, 7) is 2.03. The molecule has 0 bridgehead atoms. The van der Waals surface area contributed by atoms with Crippen molar-refractivity contribution in [3.05, 3.63) is 45.7 Å². The molecule has 25 heavy (non-hydrogen) atoms. The Balaban J connectivity index is 1.77. The molecule has 1 fully saturated rings. The average molecular weight is 383 g/mol. The fraction of sp³-hybridized carbons (Fsp3) is 0.312. The number of morpholine rings is 1. The highest BCUT2D eigenvalue weighted by Gasteiger charge is 2.23. The Morgan fingerprint density at radius 2 is 1.76 bits per heavy atom. The zero-order valence-corrected chi connectivity index (χ0v) is 15.0. The van der Waals surface area contributed by atoms with Crippen LogP contribution in [-0.4, -0.2) is 52.8 Å². The predicted octanol–water partition coefficient (Wildman–Crippen LogP) is 2.45. The van der Waals surface area contributed by atoms with Gasteiger partial charge in [0, 0.05) is 41.9 Å². The van der Waals surface area contributed by atoms with E-state index in [-0.39, 0.29) is 17.3 Å². The number of hydrogen-bond donors (Lipinski definition) is 1. The van der Waals surface area contributed by atoms with E-state index in [1.54, 1.807) is 30.1 Å². The molecular formula is C16H16Cl2N4O3. The van der Waals surface area contributed by atoms with E-state index in [1.165, 1.54) is 10.7 Å². The number of anilines is 1. The number of benzene rings is 1. The number of ether oxygens (including phenoxy) is 1. The number of rotatable bonds is 3. The first-order chi connectivity index (χ1) is 11.9. The van der Waals surface area contributed by atoms with Gasteiger partial charge < -0.3 is 15.0 Å². The van der Waals surface area contributed by atoms with E-state index < -0.39 is 5.91 Å². The molecule has 3 rings (SSSR count). The first kappa shape index (κ1) is 17.7. The van der Waals surface area contributed by atoms with Gasteiger partial charge in [0.15, 0.2) is 5.69 Å². The quantitative estimate of drug-likeness (QED) is 0.884.